The minimum atomic E-state index is -0.475. The van der Waals surface area contributed by atoms with E-state index < -0.39 is 5.60 Å². The molecule has 4 nitrogen and oxygen atoms in total. The number of carbonyl (C=O) groups is 1. The van der Waals surface area contributed by atoms with Gasteiger partial charge in [-0.1, -0.05) is 12.1 Å². The van der Waals surface area contributed by atoms with Crippen LogP contribution in [0.3, 0.4) is 0 Å². The molecular formula is C18H27FN2O2. The molecule has 0 bridgehead atoms. The molecule has 0 aliphatic heterocycles. The third-order valence-electron chi connectivity index (χ3n) is 3.95. The third kappa shape index (κ3) is 5.82. The van der Waals surface area contributed by atoms with E-state index in [1.54, 1.807) is 0 Å². The maximum absolute atomic E-state index is 12.9. The Kier molecular flexibility index (Phi) is 5.63. The molecule has 1 unspecified atom stereocenters. The van der Waals surface area contributed by atoms with Crippen LogP contribution < -0.4 is 10.6 Å². The highest BCUT2D eigenvalue weighted by Crippen LogP contribution is 2.36. The van der Waals surface area contributed by atoms with E-state index in [2.05, 4.69) is 10.6 Å². The lowest BCUT2D eigenvalue weighted by atomic mass is 9.75. The molecule has 1 saturated carbocycles. The lowest BCUT2D eigenvalue weighted by Gasteiger charge is -2.38. The first kappa shape index (κ1) is 17.7. The molecule has 128 valence electrons. The fourth-order valence-corrected chi connectivity index (χ4v) is 2.77. The molecule has 1 aromatic carbocycles. The highest BCUT2D eigenvalue weighted by Gasteiger charge is 2.31. The molecule has 1 aromatic rings. The Balaban J connectivity index is 1.65. The first-order valence-corrected chi connectivity index (χ1v) is 8.21. The van der Waals surface area contributed by atoms with Gasteiger partial charge in [0, 0.05) is 18.6 Å². The minimum absolute atomic E-state index is 0.182. The molecule has 0 radical (unpaired) electrons. The van der Waals surface area contributed by atoms with Gasteiger partial charge in [0.1, 0.15) is 11.4 Å². The molecule has 0 spiro atoms. The van der Waals surface area contributed by atoms with Crippen molar-refractivity contribution in [3.63, 3.8) is 0 Å². The summed E-state index contributed by atoms with van der Waals surface area (Å²) in [4.78, 5) is 11.6. The van der Waals surface area contributed by atoms with Crippen molar-refractivity contribution in [1.82, 2.24) is 10.6 Å². The highest BCUT2D eigenvalue weighted by molar-refractivity contribution is 5.67. The summed E-state index contributed by atoms with van der Waals surface area (Å²) in [5.41, 5.74) is 0.723. The summed E-state index contributed by atoms with van der Waals surface area (Å²) in [5.74, 6) is 0.309. The van der Waals surface area contributed by atoms with E-state index in [0.29, 0.717) is 18.5 Å². The molecule has 5 heteroatoms. The molecular weight excluding hydrogens is 295 g/mol. The van der Waals surface area contributed by atoms with Crippen molar-refractivity contribution in [1.29, 1.82) is 0 Å². The Morgan fingerprint density at radius 1 is 1.30 bits per heavy atom. The van der Waals surface area contributed by atoms with Crippen LogP contribution in [0, 0.1) is 5.82 Å². The fraction of sp³-hybridized carbons (Fsp3) is 0.611. The van der Waals surface area contributed by atoms with Gasteiger partial charge in [0.25, 0.3) is 0 Å². The van der Waals surface area contributed by atoms with E-state index >= 15 is 0 Å². The molecule has 1 fully saturated rings. The van der Waals surface area contributed by atoms with E-state index in [-0.39, 0.29) is 18.0 Å². The summed E-state index contributed by atoms with van der Waals surface area (Å²) in [5, 5.41) is 6.28. The molecule has 1 atom stereocenters. The molecule has 2 rings (SSSR count). The minimum Gasteiger partial charge on any atom is -0.444 e. The second kappa shape index (κ2) is 7.30. The zero-order chi connectivity index (χ0) is 17.0. The third-order valence-corrected chi connectivity index (χ3v) is 3.95. The smallest absolute Gasteiger partial charge is 0.407 e. The Hall–Kier alpha value is -1.62. The van der Waals surface area contributed by atoms with Crippen LogP contribution in [-0.4, -0.2) is 30.3 Å². The van der Waals surface area contributed by atoms with Crippen molar-refractivity contribution in [2.75, 3.05) is 6.54 Å². The van der Waals surface area contributed by atoms with Crippen molar-refractivity contribution in [3.05, 3.63) is 35.6 Å². The van der Waals surface area contributed by atoms with Gasteiger partial charge in [-0.05, 0) is 64.2 Å². The predicted octanol–water partition coefficient (Wildman–Crippen LogP) is 3.57. The molecule has 23 heavy (non-hydrogen) atoms. The summed E-state index contributed by atoms with van der Waals surface area (Å²) in [6.07, 6.45) is 1.70. The van der Waals surface area contributed by atoms with Gasteiger partial charge in [0.2, 0.25) is 0 Å². The Morgan fingerprint density at radius 2 is 1.91 bits per heavy atom. The lowest BCUT2D eigenvalue weighted by molar-refractivity contribution is 0.0521. The number of nitrogens with one attached hydrogen (secondary N) is 2. The van der Waals surface area contributed by atoms with Crippen LogP contribution in [0.25, 0.3) is 0 Å². The zero-order valence-corrected chi connectivity index (χ0v) is 14.4. The normalized spacial score (nSPS) is 22.1. The topological polar surface area (TPSA) is 50.4 Å². The van der Waals surface area contributed by atoms with Crippen molar-refractivity contribution in [2.24, 2.45) is 0 Å². The molecule has 0 saturated heterocycles. The quantitative estimate of drug-likeness (QED) is 0.871. The van der Waals surface area contributed by atoms with Crippen molar-refractivity contribution in [2.45, 2.75) is 64.1 Å². The fourth-order valence-electron chi connectivity index (χ4n) is 2.77. The SMILES string of the molecule is CC(CNC(=O)OC(C)(C)C)NC1CC(c2ccc(F)cc2)C1. The number of benzene rings is 1. The second-order valence-corrected chi connectivity index (χ2v) is 7.37. The van der Waals surface area contributed by atoms with Gasteiger partial charge in [-0.15, -0.1) is 0 Å². The summed E-state index contributed by atoms with van der Waals surface area (Å²) >= 11 is 0. The van der Waals surface area contributed by atoms with Crippen molar-refractivity contribution in [3.8, 4) is 0 Å². The van der Waals surface area contributed by atoms with Crippen molar-refractivity contribution >= 4 is 6.09 Å². The number of alkyl carbamates (subject to hydrolysis) is 1. The summed E-state index contributed by atoms with van der Waals surface area (Å²) in [7, 11) is 0. The number of rotatable bonds is 5. The zero-order valence-electron chi connectivity index (χ0n) is 14.4. The molecule has 1 aliphatic rings. The van der Waals surface area contributed by atoms with E-state index in [9.17, 15) is 9.18 Å². The van der Waals surface area contributed by atoms with Gasteiger partial charge in [-0.25, -0.2) is 9.18 Å². The predicted molar refractivity (Wildman–Crippen MR) is 89.0 cm³/mol. The average Bonchev–Trinajstić information content (AvgIpc) is 2.39. The summed E-state index contributed by atoms with van der Waals surface area (Å²) < 4.78 is 18.1. The van der Waals surface area contributed by atoms with Crippen LogP contribution in [0.2, 0.25) is 0 Å². The number of amides is 1. The molecule has 1 aliphatic carbocycles. The highest BCUT2D eigenvalue weighted by atomic mass is 19.1. The van der Waals surface area contributed by atoms with Gasteiger partial charge in [-0.3, -0.25) is 0 Å². The number of ether oxygens (including phenoxy) is 1. The maximum atomic E-state index is 12.9. The molecule has 2 N–H and O–H groups in total. The van der Waals surface area contributed by atoms with Crippen LogP contribution in [-0.2, 0) is 4.74 Å². The Morgan fingerprint density at radius 3 is 2.48 bits per heavy atom. The van der Waals surface area contributed by atoms with E-state index in [4.69, 9.17) is 4.74 Å². The van der Waals surface area contributed by atoms with Crippen LogP contribution in [0.4, 0.5) is 9.18 Å². The Labute approximate surface area is 137 Å². The van der Waals surface area contributed by atoms with Crippen LogP contribution in [0.15, 0.2) is 24.3 Å². The molecule has 1 amide bonds. The van der Waals surface area contributed by atoms with Gasteiger partial charge < -0.3 is 15.4 Å². The van der Waals surface area contributed by atoms with Gasteiger partial charge >= 0.3 is 6.09 Å². The maximum Gasteiger partial charge on any atom is 0.407 e. The number of carbonyl (C=O) groups excluding carboxylic acids is 1. The van der Waals surface area contributed by atoms with E-state index in [1.165, 1.54) is 17.7 Å². The summed E-state index contributed by atoms with van der Waals surface area (Å²) in [6.45, 7) is 8.11. The van der Waals surface area contributed by atoms with Crippen LogP contribution >= 0.6 is 0 Å². The van der Waals surface area contributed by atoms with Crippen molar-refractivity contribution < 1.29 is 13.9 Å². The van der Waals surface area contributed by atoms with Gasteiger partial charge in [-0.2, -0.15) is 0 Å². The monoisotopic (exact) mass is 322 g/mol. The van der Waals surface area contributed by atoms with Crippen LogP contribution in [0.5, 0.6) is 0 Å². The standard InChI is InChI=1S/C18H27FN2O2/c1-12(11-20-17(22)23-18(2,3)4)21-16-9-14(10-16)13-5-7-15(19)8-6-13/h5-8,12,14,16,21H,9-11H2,1-4H3,(H,20,22). The first-order chi connectivity index (χ1) is 10.7. The first-order valence-electron chi connectivity index (χ1n) is 8.21. The largest absolute Gasteiger partial charge is 0.444 e. The summed E-state index contributed by atoms with van der Waals surface area (Å²) in [6, 6.07) is 7.39. The van der Waals surface area contributed by atoms with Crippen LogP contribution in [0.1, 0.15) is 52.0 Å². The number of halogens is 1. The van der Waals surface area contributed by atoms with Gasteiger partial charge in [0.05, 0.1) is 0 Å². The lowest BCUT2D eigenvalue weighted by Crippen LogP contribution is -2.49. The number of hydrogen-bond donors (Lipinski definition) is 2. The van der Waals surface area contributed by atoms with E-state index in [0.717, 1.165) is 12.8 Å². The number of hydrogen-bond acceptors (Lipinski definition) is 3. The average molecular weight is 322 g/mol. The molecule has 0 heterocycles. The molecule has 0 aromatic heterocycles. The second-order valence-electron chi connectivity index (χ2n) is 7.37. The van der Waals surface area contributed by atoms with Gasteiger partial charge in [0.15, 0.2) is 0 Å². The Bertz CT molecular complexity index is 519. The van der Waals surface area contributed by atoms with E-state index in [1.807, 2.05) is 39.8 Å².